The number of hydrogen-bond donors (Lipinski definition) is 3. The van der Waals surface area contributed by atoms with Gasteiger partial charge in [0.2, 0.25) is 0 Å². The van der Waals surface area contributed by atoms with Gasteiger partial charge in [-0.15, -0.1) is 0 Å². The van der Waals surface area contributed by atoms with Crippen LogP contribution in [0.1, 0.15) is 30.5 Å². The van der Waals surface area contributed by atoms with Crippen molar-refractivity contribution in [2.75, 3.05) is 38.4 Å². The summed E-state index contributed by atoms with van der Waals surface area (Å²) < 4.78 is 11.1. The normalized spacial score (nSPS) is 9.71. The van der Waals surface area contributed by atoms with Gasteiger partial charge in [-0.1, -0.05) is 7.43 Å². The fourth-order valence-corrected chi connectivity index (χ4v) is 3.40. The Morgan fingerprint density at radius 2 is 1.20 bits per heavy atom. The molecule has 0 saturated carbocycles. The summed E-state index contributed by atoms with van der Waals surface area (Å²) >= 11 is 0. The largest absolute Gasteiger partial charge is 0.457 e. The molecule has 0 unspecified atom stereocenters. The minimum absolute atomic E-state index is 0. The molecule has 15 heteroatoms. The van der Waals surface area contributed by atoms with Crippen LogP contribution in [-0.2, 0) is 0 Å². The molecule has 4 aromatic rings. The van der Waals surface area contributed by atoms with Crippen molar-refractivity contribution in [3.05, 3.63) is 105 Å². The maximum absolute atomic E-state index is 11.0. The fraction of sp³-hybridized carbons (Fsp3) is 0.200. The molecule has 0 bridgehead atoms. The number of ether oxygens (including phenoxy) is 2. The maximum Gasteiger partial charge on any atom is 0.296 e. The zero-order valence-corrected chi connectivity index (χ0v) is 24.3. The molecule has 45 heavy (non-hydrogen) atoms. The monoisotopic (exact) mass is 621 g/mol. The van der Waals surface area contributed by atoms with Gasteiger partial charge in [-0.05, 0) is 43.3 Å². The van der Waals surface area contributed by atoms with Gasteiger partial charge in [-0.2, -0.15) is 0 Å². The van der Waals surface area contributed by atoms with Gasteiger partial charge in [-0.25, -0.2) is 0 Å². The molecule has 0 atom stereocenters. The van der Waals surface area contributed by atoms with E-state index < -0.39 is 9.85 Å². The molecule has 2 aromatic carbocycles. The lowest BCUT2D eigenvalue weighted by molar-refractivity contribution is -0.384. The lowest BCUT2D eigenvalue weighted by Gasteiger charge is -2.08. The summed E-state index contributed by atoms with van der Waals surface area (Å²) in [6, 6.07) is 15.5. The summed E-state index contributed by atoms with van der Waals surface area (Å²) in [5.74, 6) is 1.60. The Bertz CT molecular complexity index is 1600. The molecule has 0 spiro atoms. The number of aliphatic hydroxyl groups excluding tert-OH is 1. The first-order chi connectivity index (χ1) is 21.2. The number of carbonyl (C=O) groups excluding carboxylic acids is 1. The van der Waals surface area contributed by atoms with Crippen molar-refractivity contribution in [1.29, 1.82) is 0 Å². The van der Waals surface area contributed by atoms with Crippen LogP contribution >= 0.6 is 0 Å². The minimum Gasteiger partial charge on any atom is -0.457 e. The van der Waals surface area contributed by atoms with Crippen molar-refractivity contribution in [2.24, 2.45) is 4.99 Å². The molecule has 0 amide bonds. The molecule has 0 aliphatic rings. The number of carbonyl (C=O) groups is 1. The van der Waals surface area contributed by atoms with E-state index in [1.165, 1.54) is 24.4 Å². The third kappa shape index (κ3) is 11.7. The maximum atomic E-state index is 11.0. The zero-order valence-electron chi connectivity index (χ0n) is 24.3. The van der Waals surface area contributed by atoms with E-state index in [4.69, 9.17) is 14.6 Å². The van der Waals surface area contributed by atoms with E-state index in [0.717, 1.165) is 0 Å². The molecular weight excluding hydrogens is 586 g/mol. The summed E-state index contributed by atoms with van der Waals surface area (Å²) in [5, 5.41) is 35.0. The number of benzene rings is 2. The highest BCUT2D eigenvalue weighted by Gasteiger charge is 2.15. The van der Waals surface area contributed by atoms with Crippen molar-refractivity contribution in [2.45, 2.75) is 14.4 Å². The van der Waals surface area contributed by atoms with Crippen LogP contribution in [0.25, 0.3) is 0 Å². The molecule has 0 saturated heterocycles. The first-order valence-electron chi connectivity index (χ1n) is 12.9. The number of aromatic nitrogens is 2. The molecule has 0 aliphatic heterocycles. The van der Waals surface area contributed by atoms with E-state index in [0.29, 0.717) is 46.4 Å². The van der Waals surface area contributed by atoms with E-state index in [-0.39, 0.29) is 31.1 Å². The van der Waals surface area contributed by atoms with Gasteiger partial charge < -0.3 is 25.2 Å². The van der Waals surface area contributed by atoms with Crippen LogP contribution in [0.3, 0.4) is 0 Å². The van der Waals surface area contributed by atoms with Crippen molar-refractivity contribution in [3.8, 4) is 23.0 Å². The molecule has 3 N–H and O–H groups in total. The van der Waals surface area contributed by atoms with Gasteiger partial charge in [0.15, 0.2) is 6.29 Å². The third-order valence-corrected chi connectivity index (χ3v) is 5.23. The number of nitrogens with one attached hydrogen (secondary N) is 2. The summed E-state index contributed by atoms with van der Waals surface area (Å²) in [6.45, 7) is 1.93. The second kappa shape index (κ2) is 19.3. The number of nitro benzene ring substituents is 2. The number of anilines is 2. The van der Waals surface area contributed by atoms with Crippen LogP contribution in [0.5, 0.6) is 23.0 Å². The summed E-state index contributed by atoms with van der Waals surface area (Å²) in [4.78, 5) is 43.4. The number of aliphatic hydroxyl groups is 1. The lowest BCUT2D eigenvalue weighted by Crippen LogP contribution is -1.97. The van der Waals surface area contributed by atoms with E-state index >= 15 is 0 Å². The number of hydrogen-bond acceptors (Lipinski definition) is 13. The Balaban J connectivity index is 0.000000406. The molecule has 2 heterocycles. The fourth-order valence-electron chi connectivity index (χ4n) is 3.40. The van der Waals surface area contributed by atoms with Gasteiger partial charge >= 0.3 is 0 Å². The van der Waals surface area contributed by atoms with E-state index in [2.05, 4.69) is 25.6 Å². The number of pyridine rings is 2. The zero-order chi connectivity index (χ0) is 32.5. The van der Waals surface area contributed by atoms with Crippen molar-refractivity contribution in [3.63, 3.8) is 0 Å². The minimum atomic E-state index is -0.498. The quantitative estimate of drug-likeness (QED) is 0.0790. The van der Waals surface area contributed by atoms with Crippen LogP contribution < -0.4 is 20.1 Å². The number of aliphatic imine (C=N–C) groups is 1. The molecule has 0 fully saturated rings. The van der Waals surface area contributed by atoms with E-state index in [1.54, 1.807) is 82.9 Å². The Morgan fingerprint density at radius 1 is 0.800 bits per heavy atom. The predicted octanol–water partition coefficient (Wildman–Crippen LogP) is 6.14. The van der Waals surface area contributed by atoms with Gasteiger partial charge in [0.25, 0.3) is 11.4 Å². The predicted molar refractivity (Wildman–Crippen MR) is 172 cm³/mol. The average molecular weight is 622 g/mol. The van der Waals surface area contributed by atoms with Gasteiger partial charge in [0.1, 0.15) is 40.1 Å². The number of rotatable bonds is 10. The van der Waals surface area contributed by atoms with Crippen molar-refractivity contribution < 1.29 is 29.2 Å². The Labute approximate surface area is 259 Å². The second-order valence-corrected chi connectivity index (χ2v) is 8.23. The summed E-state index contributed by atoms with van der Waals surface area (Å²) in [5.41, 5.74) is 1.57. The molecule has 0 aliphatic carbocycles. The van der Waals surface area contributed by atoms with Gasteiger partial charge in [0, 0.05) is 58.5 Å². The van der Waals surface area contributed by atoms with Crippen LogP contribution in [0.4, 0.5) is 22.7 Å². The molecular formula is C30H35N7O8. The van der Waals surface area contributed by atoms with Crippen molar-refractivity contribution >= 4 is 35.3 Å². The van der Waals surface area contributed by atoms with Gasteiger partial charge in [0.05, 0.1) is 27.7 Å². The van der Waals surface area contributed by atoms with Crippen LogP contribution in [0.2, 0.25) is 0 Å². The lowest BCUT2D eigenvalue weighted by atomic mass is 10.2. The smallest absolute Gasteiger partial charge is 0.296 e. The molecule has 4 rings (SSSR count). The highest BCUT2D eigenvalue weighted by Crippen LogP contribution is 2.32. The summed E-state index contributed by atoms with van der Waals surface area (Å²) in [6.07, 6.45) is 5.21. The highest BCUT2D eigenvalue weighted by molar-refractivity contribution is 5.77. The third-order valence-electron chi connectivity index (χ3n) is 5.23. The molecule has 2 aromatic heterocycles. The topological polar surface area (TPSA) is 204 Å². The average Bonchev–Trinajstić information content (AvgIpc) is 3.02. The second-order valence-electron chi connectivity index (χ2n) is 8.23. The standard InChI is InChI=1S/C14H14N4O3.C13H11N3O4.C2H6O.CH4/c1-15-9-10-7-12(5-6-17-10)21-11-3-4-13(16-2)14(8-11)18(19)20;1-14-12-3-2-10(7-13(12)16(18)19)20-11-4-5-15-9(6-11)8-17;1-2-3;/h3-9,16H,1-2H3;2-8,14H,1H3;3H,2H2,1H3;1H4. The number of nitrogens with zero attached hydrogens (tertiary/aromatic N) is 5. The van der Waals surface area contributed by atoms with Crippen LogP contribution in [0.15, 0.2) is 78.0 Å². The highest BCUT2D eigenvalue weighted by atomic mass is 16.6. The molecule has 0 radical (unpaired) electrons. The van der Waals surface area contributed by atoms with Crippen LogP contribution in [-0.4, -0.2) is 65.2 Å². The first kappa shape index (κ1) is 37.1. The van der Waals surface area contributed by atoms with E-state index in [9.17, 15) is 25.0 Å². The SMILES string of the molecule is C.CCO.CN=Cc1cc(Oc2ccc(NC)c([N+](=O)[O-])c2)ccn1.CNc1ccc(Oc2ccnc(C=O)c2)cc1[N+](=O)[O-]. The Morgan fingerprint density at radius 3 is 1.58 bits per heavy atom. The number of nitro groups is 2. The van der Waals surface area contributed by atoms with E-state index in [1.807, 2.05) is 0 Å². The number of aldehydes is 1. The first-order valence-corrected chi connectivity index (χ1v) is 12.9. The van der Waals surface area contributed by atoms with Crippen LogP contribution in [0, 0.1) is 20.2 Å². The van der Waals surface area contributed by atoms with Gasteiger partial charge in [-0.3, -0.25) is 40.0 Å². The Hall–Kier alpha value is -5.96. The molecule has 238 valence electrons. The molecule has 15 nitrogen and oxygen atoms in total. The Kier molecular flexibility index (Phi) is 15.9. The van der Waals surface area contributed by atoms with Crippen molar-refractivity contribution in [1.82, 2.24) is 9.97 Å². The summed E-state index contributed by atoms with van der Waals surface area (Å²) in [7, 11) is 4.87.